The number of nitrogens with zero attached hydrogens (tertiary/aromatic N) is 3. The lowest BCUT2D eigenvalue weighted by Gasteiger charge is -2.24. The Morgan fingerprint density at radius 3 is 2.81 bits per heavy atom. The summed E-state index contributed by atoms with van der Waals surface area (Å²) in [5, 5.41) is 9.38. The summed E-state index contributed by atoms with van der Waals surface area (Å²) in [6.07, 6.45) is 6.51. The first-order chi connectivity index (χ1) is 10.3. The fourth-order valence-electron chi connectivity index (χ4n) is 3.33. The van der Waals surface area contributed by atoms with Gasteiger partial charge < -0.3 is 5.32 Å². The smallest absolute Gasteiger partial charge is 0.158 e. The van der Waals surface area contributed by atoms with Crippen LogP contribution >= 0.6 is 0 Å². The number of benzene rings is 1. The quantitative estimate of drug-likeness (QED) is 0.773. The van der Waals surface area contributed by atoms with Gasteiger partial charge in [-0.25, -0.2) is 9.50 Å². The zero-order chi connectivity index (χ0) is 14.2. The van der Waals surface area contributed by atoms with Gasteiger partial charge >= 0.3 is 0 Å². The number of para-hydroxylation sites is 1. The molecule has 0 spiro atoms. The molecule has 2 heterocycles. The largest absolute Gasteiger partial charge is 0.367 e. The van der Waals surface area contributed by atoms with Gasteiger partial charge in [-0.1, -0.05) is 31.4 Å². The van der Waals surface area contributed by atoms with Crippen molar-refractivity contribution in [1.29, 1.82) is 0 Å². The summed E-state index contributed by atoms with van der Waals surface area (Å²) < 4.78 is 1.94. The summed E-state index contributed by atoms with van der Waals surface area (Å²) in [5.41, 5.74) is 3.04. The van der Waals surface area contributed by atoms with Crippen LogP contribution < -0.4 is 5.32 Å². The van der Waals surface area contributed by atoms with E-state index in [1.165, 1.54) is 32.1 Å². The van der Waals surface area contributed by atoms with Gasteiger partial charge in [-0.3, -0.25) is 0 Å². The number of hydrogen-bond donors (Lipinski definition) is 1. The standard InChI is InChI=1S/C17H20N4/c1-12-11-16-19-17(18-13-7-3-2-4-8-13)14-9-5-6-10-15(14)21(16)20-12/h5-6,9-11,13H,2-4,7-8H2,1H3,(H,18,19). The molecule has 2 aromatic heterocycles. The van der Waals surface area contributed by atoms with Gasteiger partial charge in [-0.15, -0.1) is 0 Å². The van der Waals surface area contributed by atoms with Crippen molar-refractivity contribution in [3.8, 4) is 0 Å². The summed E-state index contributed by atoms with van der Waals surface area (Å²) in [6, 6.07) is 11.0. The van der Waals surface area contributed by atoms with Crippen molar-refractivity contribution in [2.24, 2.45) is 0 Å². The molecule has 1 aromatic carbocycles. The third-order valence-corrected chi connectivity index (χ3v) is 4.37. The van der Waals surface area contributed by atoms with Crippen LogP contribution in [0.5, 0.6) is 0 Å². The van der Waals surface area contributed by atoms with E-state index < -0.39 is 0 Å². The highest BCUT2D eigenvalue weighted by molar-refractivity contribution is 5.91. The third-order valence-electron chi connectivity index (χ3n) is 4.37. The third kappa shape index (κ3) is 2.24. The normalized spacial score (nSPS) is 16.6. The van der Waals surface area contributed by atoms with Crippen LogP contribution in [0, 0.1) is 6.92 Å². The molecule has 0 radical (unpaired) electrons. The first kappa shape index (κ1) is 12.6. The highest BCUT2D eigenvalue weighted by Gasteiger charge is 2.16. The van der Waals surface area contributed by atoms with Gasteiger partial charge in [0.15, 0.2) is 5.65 Å². The predicted molar refractivity (Wildman–Crippen MR) is 85.7 cm³/mol. The average Bonchev–Trinajstić information content (AvgIpc) is 2.89. The van der Waals surface area contributed by atoms with Crippen molar-refractivity contribution in [2.45, 2.75) is 45.1 Å². The molecule has 1 N–H and O–H groups in total. The predicted octanol–water partition coefficient (Wildman–Crippen LogP) is 3.94. The molecule has 0 amide bonds. The van der Waals surface area contributed by atoms with E-state index in [9.17, 15) is 0 Å². The molecule has 0 atom stereocenters. The fraction of sp³-hybridized carbons (Fsp3) is 0.412. The number of aromatic nitrogens is 3. The van der Waals surface area contributed by atoms with Gasteiger partial charge in [0.1, 0.15) is 5.82 Å². The first-order valence-electron chi connectivity index (χ1n) is 7.83. The number of rotatable bonds is 2. The Morgan fingerprint density at radius 2 is 1.95 bits per heavy atom. The number of fused-ring (bicyclic) bond motifs is 3. The molecule has 1 fully saturated rings. The van der Waals surface area contributed by atoms with E-state index in [0.29, 0.717) is 6.04 Å². The minimum atomic E-state index is 0.557. The number of nitrogens with one attached hydrogen (secondary N) is 1. The van der Waals surface area contributed by atoms with Crippen LogP contribution in [0.2, 0.25) is 0 Å². The second-order valence-corrected chi connectivity index (χ2v) is 6.01. The lowest BCUT2D eigenvalue weighted by molar-refractivity contribution is 0.462. The maximum Gasteiger partial charge on any atom is 0.158 e. The van der Waals surface area contributed by atoms with E-state index in [1.54, 1.807) is 0 Å². The topological polar surface area (TPSA) is 42.2 Å². The van der Waals surface area contributed by atoms with Gasteiger partial charge in [0.25, 0.3) is 0 Å². The van der Waals surface area contributed by atoms with Crippen LogP contribution in [0.3, 0.4) is 0 Å². The van der Waals surface area contributed by atoms with Gasteiger partial charge in [-0.2, -0.15) is 5.10 Å². The van der Waals surface area contributed by atoms with E-state index in [4.69, 9.17) is 4.98 Å². The molecule has 4 heteroatoms. The molecule has 21 heavy (non-hydrogen) atoms. The zero-order valence-electron chi connectivity index (χ0n) is 12.3. The van der Waals surface area contributed by atoms with E-state index in [2.05, 4.69) is 34.7 Å². The molecule has 0 bridgehead atoms. The minimum absolute atomic E-state index is 0.557. The second-order valence-electron chi connectivity index (χ2n) is 6.01. The molecule has 0 unspecified atom stereocenters. The Labute approximate surface area is 124 Å². The van der Waals surface area contributed by atoms with E-state index in [1.807, 2.05) is 17.5 Å². The zero-order valence-corrected chi connectivity index (χ0v) is 12.3. The van der Waals surface area contributed by atoms with Crippen molar-refractivity contribution in [3.63, 3.8) is 0 Å². The maximum atomic E-state index is 4.81. The van der Waals surface area contributed by atoms with Crippen LogP contribution in [-0.2, 0) is 0 Å². The van der Waals surface area contributed by atoms with E-state index in [-0.39, 0.29) is 0 Å². The Morgan fingerprint density at radius 1 is 1.14 bits per heavy atom. The molecule has 3 aromatic rings. The monoisotopic (exact) mass is 280 g/mol. The Balaban J connectivity index is 1.85. The lowest BCUT2D eigenvalue weighted by Crippen LogP contribution is -2.23. The van der Waals surface area contributed by atoms with Crippen molar-refractivity contribution in [1.82, 2.24) is 14.6 Å². The Kier molecular flexibility index (Phi) is 3.02. The number of anilines is 1. The fourth-order valence-corrected chi connectivity index (χ4v) is 3.33. The highest BCUT2D eigenvalue weighted by Crippen LogP contribution is 2.27. The molecule has 4 rings (SSSR count). The SMILES string of the molecule is Cc1cc2nc(NC3CCCCC3)c3ccccc3n2n1. The summed E-state index contributed by atoms with van der Waals surface area (Å²) in [4.78, 5) is 4.81. The van der Waals surface area contributed by atoms with Gasteiger partial charge in [0.05, 0.1) is 11.2 Å². The molecule has 1 aliphatic rings. The molecule has 0 aliphatic heterocycles. The molecule has 1 aliphatic carbocycles. The first-order valence-corrected chi connectivity index (χ1v) is 7.83. The molecular weight excluding hydrogens is 260 g/mol. The van der Waals surface area contributed by atoms with Crippen molar-refractivity contribution in [3.05, 3.63) is 36.0 Å². The van der Waals surface area contributed by atoms with Crippen LogP contribution in [0.4, 0.5) is 5.82 Å². The van der Waals surface area contributed by atoms with Crippen molar-refractivity contribution in [2.75, 3.05) is 5.32 Å². The lowest BCUT2D eigenvalue weighted by atomic mass is 9.95. The van der Waals surface area contributed by atoms with Gasteiger partial charge in [-0.05, 0) is 31.9 Å². The summed E-state index contributed by atoms with van der Waals surface area (Å²) in [7, 11) is 0. The molecule has 4 nitrogen and oxygen atoms in total. The van der Waals surface area contributed by atoms with E-state index >= 15 is 0 Å². The highest BCUT2D eigenvalue weighted by atomic mass is 15.3. The molecular formula is C17H20N4. The summed E-state index contributed by atoms with van der Waals surface area (Å²) >= 11 is 0. The number of hydrogen-bond acceptors (Lipinski definition) is 3. The van der Waals surface area contributed by atoms with Crippen molar-refractivity contribution < 1.29 is 0 Å². The van der Waals surface area contributed by atoms with Crippen LogP contribution in [0.1, 0.15) is 37.8 Å². The molecule has 108 valence electrons. The minimum Gasteiger partial charge on any atom is -0.367 e. The molecule has 0 saturated heterocycles. The van der Waals surface area contributed by atoms with Crippen LogP contribution in [-0.4, -0.2) is 20.6 Å². The maximum absolute atomic E-state index is 4.81. The average molecular weight is 280 g/mol. The van der Waals surface area contributed by atoms with E-state index in [0.717, 1.165) is 28.1 Å². The van der Waals surface area contributed by atoms with Gasteiger partial charge in [0.2, 0.25) is 0 Å². The second kappa shape index (κ2) is 5.02. The van der Waals surface area contributed by atoms with Crippen molar-refractivity contribution >= 4 is 22.4 Å². The van der Waals surface area contributed by atoms with Crippen LogP contribution in [0.25, 0.3) is 16.6 Å². The van der Waals surface area contributed by atoms with Gasteiger partial charge in [0, 0.05) is 17.5 Å². The summed E-state index contributed by atoms with van der Waals surface area (Å²) in [6.45, 7) is 2.01. The Bertz CT molecular complexity index is 784. The molecule has 1 saturated carbocycles. The van der Waals surface area contributed by atoms with Crippen LogP contribution in [0.15, 0.2) is 30.3 Å². The number of aryl methyl sites for hydroxylation is 1. The Hall–Kier alpha value is -2.10. The summed E-state index contributed by atoms with van der Waals surface area (Å²) in [5.74, 6) is 1.00.